The van der Waals surface area contributed by atoms with Crippen LogP contribution < -0.4 is 0 Å². The Hall–Kier alpha value is -1.84. The van der Waals surface area contributed by atoms with E-state index in [1.807, 2.05) is 19.0 Å². The highest BCUT2D eigenvalue weighted by Crippen LogP contribution is 2.35. The lowest BCUT2D eigenvalue weighted by atomic mass is 9.86. The van der Waals surface area contributed by atoms with Crippen LogP contribution in [0.15, 0.2) is 24.3 Å². The standard InChI is InChI=1S/C18H24N2O2/c1-19-11-10-14(12-17(19)21)18(22)20(2)16-9-5-7-13-6-3-4-8-15(13)16/h3-4,6,8,14,16H,5,7,9-12H2,1-2H3/t14-,16+/m0/s1. The fourth-order valence-electron chi connectivity index (χ4n) is 3.73. The van der Waals surface area contributed by atoms with Crippen molar-refractivity contribution in [3.05, 3.63) is 35.4 Å². The van der Waals surface area contributed by atoms with E-state index >= 15 is 0 Å². The molecule has 0 radical (unpaired) electrons. The summed E-state index contributed by atoms with van der Waals surface area (Å²) < 4.78 is 0. The number of hydrogen-bond acceptors (Lipinski definition) is 2. The van der Waals surface area contributed by atoms with Crippen molar-refractivity contribution >= 4 is 11.8 Å². The highest BCUT2D eigenvalue weighted by Gasteiger charge is 2.34. The van der Waals surface area contributed by atoms with Gasteiger partial charge in [0.25, 0.3) is 0 Å². The molecule has 2 atom stereocenters. The first-order valence-electron chi connectivity index (χ1n) is 8.16. The van der Waals surface area contributed by atoms with Crippen molar-refractivity contribution in [1.29, 1.82) is 0 Å². The zero-order valence-electron chi connectivity index (χ0n) is 13.4. The van der Waals surface area contributed by atoms with Crippen molar-refractivity contribution in [2.45, 2.75) is 38.1 Å². The summed E-state index contributed by atoms with van der Waals surface area (Å²) in [7, 11) is 3.71. The highest BCUT2D eigenvalue weighted by atomic mass is 16.2. The molecule has 0 N–H and O–H groups in total. The van der Waals surface area contributed by atoms with Gasteiger partial charge in [-0.15, -0.1) is 0 Å². The van der Waals surface area contributed by atoms with Crippen molar-refractivity contribution in [2.75, 3.05) is 20.6 Å². The number of nitrogens with zero attached hydrogens (tertiary/aromatic N) is 2. The van der Waals surface area contributed by atoms with Gasteiger partial charge in [-0.3, -0.25) is 9.59 Å². The number of carbonyl (C=O) groups excluding carboxylic acids is 2. The number of carbonyl (C=O) groups is 2. The fraction of sp³-hybridized carbons (Fsp3) is 0.556. The molecular weight excluding hydrogens is 276 g/mol. The third-order valence-corrected chi connectivity index (χ3v) is 5.16. The maximum absolute atomic E-state index is 12.8. The lowest BCUT2D eigenvalue weighted by Gasteiger charge is -2.37. The summed E-state index contributed by atoms with van der Waals surface area (Å²) in [5.41, 5.74) is 2.64. The van der Waals surface area contributed by atoms with Crippen LogP contribution in [0.3, 0.4) is 0 Å². The van der Waals surface area contributed by atoms with E-state index in [9.17, 15) is 9.59 Å². The van der Waals surface area contributed by atoms with E-state index in [2.05, 4.69) is 24.3 Å². The van der Waals surface area contributed by atoms with E-state index in [0.29, 0.717) is 13.0 Å². The van der Waals surface area contributed by atoms with Crippen LogP contribution in [0.2, 0.25) is 0 Å². The quantitative estimate of drug-likeness (QED) is 0.841. The van der Waals surface area contributed by atoms with Gasteiger partial charge in [-0.2, -0.15) is 0 Å². The molecule has 22 heavy (non-hydrogen) atoms. The second-order valence-corrected chi connectivity index (χ2v) is 6.56. The van der Waals surface area contributed by atoms with Crippen LogP contribution in [0.4, 0.5) is 0 Å². The summed E-state index contributed by atoms with van der Waals surface area (Å²) in [6.45, 7) is 0.685. The van der Waals surface area contributed by atoms with Crippen molar-refractivity contribution < 1.29 is 9.59 Å². The van der Waals surface area contributed by atoms with E-state index in [1.165, 1.54) is 11.1 Å². The molecule has 2 aliphatic rings. The van der Waals surface area contributed by atoms with Crippen molar-refractivity contribution in [2.24, 2.45) is 5.92 Å². The van der Waals surface area contributed by atoms with E-state index in [0.717, 1.165) is 25.7 Å². The van der Waals surface area contributed by atoms with E-state index < -0.39 is 0 Å². The molecule has 1 fully saturated rings. The van der Waals surface area contributed by atoms with Gasteiger partial charge in [0, 0.05) is 33.0 Å². The first-order chi connectivity index (χ1) is 10.6. The number of benzene rings is 1. The van der Waals surface area contributed by atoms with Gasteiger partial charge in [-0.1, -0.05) is 24.3 Å². The molecule has 0 bridgehead atoms. The normalized spacial score (nSPS) is 24.8. The Kier molecular flexibility index (Phi) is 4.19. The van der Waals surface area contributed by atoms with Gasteiger partial charge in [0.1, 0.15) is 0 Å². The number of aryl methyl sites for hydroxylation is 1. The van der Waals surface area contributed by atoms with Crippen molar-refractivity contribution in [3.8, 4) is 0 Å². The number of rotatable bonds is 2. The molecule has 1 aromatic rings. The van der Waals surface area contributed by atoms with Gasteiger partial charge < -0.3 is 9.80 Å². The molecule has 118 valence electrons. The van der Waals surface area contributed by atoms with Crippen molar-refractivity contribution in [1.82, 2.24) is 9.80 Å². The summed E-state index contributed by atoms with van der Waals surface area (Å²) in [6.07, 6.45) is 4.36. The Labute approximate surface area is 132 Å². The summed E-state index contributed by atoms with van der Waals surface area (Å²) in [6, 6.07) is 8.58. The van der Waals surface area contributed by atoms with Gasteiger partial charge in [-0.25, -0.2) is 0 Å². The molecule has 2 amide bonds. The second kappa shape index (κ2) is 6.11. The van der Waals surface area contributed by atoms with E-state index in [4.69, 9.17) is 0 Å². The predicted molar refractivity (Wildman–Crippen MR) is 85.3 cm³/mol. The molecule has 1 heterocycles. The van der Waals surface area contributed by atoms with Gasteiger partial charge in [0.05, 0.1) is 6.04 Å². The highest BCUT2D eigenvalue weighted by molar-refractivity contribution is 5.87. The zero-order valence-corrected chi connectivity index (χ0v) is 13.4. The molecule has 0 unspecified atom stereocenters. The number of hydrogen-bond donors (Lipinski definition) is 0. The lowest BCUT2D eigenvalue weighted by Crippen LogP contribution is -2.44. The van der Waals surface area contributed by atoms with Crippen LogP contribution in [-0.4, -0.2) is 42.3 Å². The molecule has 0 aromatic heterocycles. The molecule has 0 saturated carbocycles. The predicted octanol–water partition coefficient (Wildman–Crippen LogP) is 2.39. The summed E-state index contributed by atoms with van der Waals surface area (Å²) in [4.78, 5) is 28.3. The van der Waals surface area contributed by atoms with Crippen LogP contribution in [0.25, 0.3) is 0 Å². The summed E-state index contributed by atoms with van der Waals surface area (Å²) >= 11 is 0. The molecule has 1 saturated heterocycles. The zero-order chi connectivity index (χ0) is 15.7. The topological polar surface area (TPSA) is 40.6 Å². The smallest absolute Gasteiger partial charge is 0.226 e. The molecule has 4 heteroatoms. The third-order valence-electron chi connectivity index (χ3n) is 5.16. The molecule has 1 aliphatic heterocycles. The number of piperidine rings is 1. The maximum atomic E-state index is 12.8. The van der Waals surface area contributed by atoms with Crippen molar-refractivity contribution in [3.63, 3.8) is 0 Å². The average molecular weight is 300 g/mol. The second-order valence-electron chi connectivity index (χ2n) is 6.56. The van der Waals surface area contributed by atoms with Crippen LogP contribution in [0, 0.1) is 5.92 Å². The summed E-state index contributed by atoms with van der Waals surface area (Å²) in [5, 5.41) is 0. The minimum atomic E-state index is -0.150. The first kappa shape index (κ1) is 15.1. The van der Waals surface area contributed by atoms with Gasteiger partial charge in [-0.05, 0) is 36.8 Å². The maximum Gasteiger partial charge on any atom is 0.226 e. The van der Waals surface area contributed by atoms with Gasteiger partial charge in [0.15, 0.2) is 0 Å². The Morgan fingerprint density at radius 2 is 2.05 bits per heavy atom. The van der Waals surface area contributed by atoms with Crippen LogP contribution in [-0.2, 0) is 16.0 Å². The van der Waals surface area contributed by atoms with Crippen LogP contribution in [0.5, 0.6) is 0 Å². The monoisotopic (exact) mass is 300 g/mol. The van der Waals surface area contributed by atoms with Crippen LogP contribution in [0.1, 0.15) is 42.9 Å². The Bertz CT molecular complexity index is 584. The van der Waals surface area contributed by atoms with E-state index in [-0.39, 0.29) is 23.8 Å². The van der Waals surface area contributed by atoms with Gasteiger partial charge in [0.2, 0.25) is 11.8 Å². The lowest BCUT2D eigenvalue weighted by molar-refractivity contribution is -0.145. The fourth-order valence-corrected chi connectivity index (χ4v) is 3.73. The Balaban J connectivity index is 1.76. The SMILES string of the molecule is CN1CC[C@H](C(=O)N(C)[C@@H]2CCCc3ccccc32)CC1=O. The largest absolute Gasteiger partial charge is 0.346 e. The molecule has 3 rings (SSSR count). The van der Waals surface area contributed by atoms with Crippen LogP contribution >= 0.6 is 0 Å². The molecule has 0 spiro atoms. The number of likely N-dealkylation sites (tertiary alicyclic amines) is 1. The average Bonchev–Trinajstić information content (AvgIpc) is 2.55. The minimum absolute atomic E-state index is 0.0852. The number of fused-ring (bicyclic) bond motifs is 1. The molecule has 4 nitrogen and oxygen atoms in total. The molecule has 1 aliphatic carbocycles. The first-order valence-corrected chi connectivity index (χ1v) is 8.16. The molecule has 1 aromatic carbocycles. The molecular formula is C18H24N2O2. The third kappa shape index (κ3) is 2.74. The van der Waals surface area contributed by atoms with E-state index in [1.54, 1.807) is 4.90 Å². The Morgan fingerprint density at radius 3 is 2.82 bits per heavy atom. The minimum Gasteiger partial charge on any atom is -0.346 e. The number of amides is 2. The summed E-state index contributed by atoms with van der Waals surface area (Å²) in [5.74, 6) is 0.0630. The van der Waals surface area contributed by atoms with Gasteiger partial charge >= 0.3 is 0 Å². The Morgan fingerprint density at radius 1 is 1.27 bits per heavy atom.